The lowest BCUT2D eigenvalue weighted by Crippen LogP contribution is -2.46. The minimum atomic E-state index is 0.802. The fourth-order valence-electron chi connectivity index (χ4n) is 4.57. The van der Waals surface area contributed by atoms with E-state index in [0.717, 1.165) is 18.8 Å². The highest BCUT2D eigenvalue weighted by atomic mass is 16.5. The summed E-state index contributed by atoms with van der Waals surface area (Å²) in [5, 5.41) is 0. The Morgan fingerprint density at radius 1 is 0.759 bits per heavy atom. The quantitative estimate of drug-likeness (QED) is 0.559. The Bertz CT molecular complexity index is 763. The molecule has 1 aliphatic rings. The summed E-state index contributed by atoms with van der Waals surface area (Å²) >= 11 is 0. The zero-order valence-corrected chi connectivity index (χ0v) is 19.1. The zero-order valence-electron chi connectivity index (χ0n) is 19.1. The van der Waals surface area contributed by atoms with Gasteiger partial charge in [-0.3, -0.25) is 0 Å². The highest BCUT2D eigenvalue weighted by molar-refractivity contribution is 5.77. The lowest BCUT2D eigenvalue weighted by molar-refractivity contribution is 0.134. The molecule has 0 saturated carbocycles. The van der Waals surface area contributed by atoms with Gasteiger partial charge in [-0.25, -0.2) is 0 Å². The molecule has 1 saturated heterocycles. The van der Waals surface area contributed by atoms with Gasteiger partial charge in [0.15, 0.2) is 0 Å². The maximum Gasteiger partial charge on any atom is 0.119 e. The maximum absolute atomic E-state index is 6.12. The summed E-state index contributed by atoms with van der Waals surface area (Å²) in [7, 11) is 0. The summed E-state index contributed by atoms with van der Waals surface area (Å²) in [5.74, 6) is 1.01. The molecule has 2 aromatic rings. The SMILES string of the molecule is CCN1CCN(CCCCOc2cc(C)c(-c3c(C)cccc3C)c(C)c2)CC1. The van der Waals surface area contributed by atoms with Crippen LogP contribution < -0.4 is 4.74 Å². The third-order valence-electron chi connectivity index (χ3n) is 6.29. The fourth-order valence-corrected chi connectivity index (χ4v) is 4.57. The molecule has 0 bridgehead atoms. The van der Waals surface area contributed by atoms with Crippen LogP contribution in [0.2, 0.25) is 0 Å². The lowest BCUT2D eigenvalue weighted by Gasteiger charge is -2.33. The molecule has 158 valence electrons. The molecule has 3 heteroatoms. The first kappa shape index (κ1) is 21.9. The van der Waals surface area contributed by atoms with Crippen molar-refractivity contribution in [2.75, 3.05) is 45.9 Å². The van der Waals surface area contributed by atoms with Crippen LogP contribution in [0.5, 0.6) is 5.75 Å². The Morgan fingerprint density at radius 3 is 1.90 bits per heavy atom. The number of benzene rings is 2. The van der Waals surface area contributed by atoms with E-state index in [4.69, 9.17) is 4.74 Å². The van der Waals surface area contributed by atoms with Gasteiger partial charge in [0.25, 0.3) is 0 Å². The molecule has 1 heterocycles. The van der Waals surface area contributed by atoms with Gasteiger partial charge in [0.2, 0.25) is 0 Å². The Morgan fingerprint density at radius 2 is 1.31 bits per heavy atom. The van der Waals surface area contributed by atoms with Crippen LogP contribution in [0.25, 0.3) is 11.1 Å². The smallest absolute Gasteiger partial charge is 0.119 e. The number of piperazine rings is 1. The maximum atomic E-state index is 6.12. The summed E-state index contributed by atoms with van der Waals surface area (Å²) in [6.45, 7) is 19.1. The minimum absolute atomic E-state index is 0.802. The van der Waals surface area contributed by atoms with Crippen LogP contribution in [0.1, 0.15) is 42.0 Å². The van der Waals surface area contributed by atoms with Crippen molar-refractivity contribution >= 4 is 0 Å². The van der Waals surface area contributed by atoms with Gasteiger partial charge in [-0.2, -0.15) is 0 Å². The first-order valence-electron chi connectivity index (χ1n) is 11.2. The van der Waals surface area contributed by atoms with Crippen LogP contribution in [0, 0.1) is 27.7 Å². The topological polar surface area (TPSA) is 15.7 Å². The van der Waals surface area contributed by atoms with E-state index in [0.29, 0.717) is 0 Å². The standard InChI is InChI=1S/C26H38N2O/c1-6-27-13-15-28(16-14-27)12-7-8-17-29-24-18-22(4)26(23(5)19-24)25-20(2)10-9-11-21(25)3/h9-11,18-19H,6-8,12-17H2,1-5H3. The van der Waals surface area contributed by atoms with Crippen LogP contribution in [-0.2, 0) is 0 Å². The van der Waals surface area contributed by atoms with E-state index in [2.05, 4.69) is 74.8 Å². The van der Waals surface area contributed by atoms with Gasteiger partial charge in [-0.15, -0.1) is 0 Å². The van der Waals surface area contributed by atoms with Gasteiger partial charge in [0.1, 0.15) is 5.75 Å². The van der Waals surface area contributed by atoms with Crippen molar-refractivity contribution in [2.45, 2.75) is 47.5 Å². The molecular formula is C26H38N2O. The van der Waals surface area contributed by atoms with Crippen molar-refractivity contribution in [1.82, 2.24) is 9.80 Å². The summed E-state index contributed by atoms with van der Waals surface area (Å²) in [6.07, 6.45) is 2.33. The molecule has 29 heavy (non-hydrogen) atoms. The van der Waals surface area contributed by atoms with Crippen LogP contribution >= 0.6 is 0 Å². The number of rotatable bonds is 8. The first-order valence-corrected chi connectivity index (χ1v) is 11.2. The van der Waals surface area contributed by atoms with Crippen molar-refractivity contribution < 1.29 is 4.74 Å². The summed E-state index contributed by atoms with van der Waals surface area (Å²) in [5.41, 5.74) is 8.00. The van der Waals surface area contributed by atoms with Gasteiger partial charge >= 0.3 is 0 Å². The summed E-state index contributed by atoms with van der Waals surface area (Å²) in [6, 6.07) is 11.0. The normalized spacial score (nSPS) is 15.6. The van der Waals surface area contributed by atoms with E-state index >= 15 is 0 Å². The molecule has 0 spiro atoms. The second-order valence-corrected chi connectivity index (χ2v) is 8.53. The molecule has 0 atom stereocenters. The second kappa shape index (κ2) is 10.3. The van der Waals surface area contributed by atoms with Crippen LogP contribution in [0.3, 0.4) is 0 Å². The Kier molecular flexibility index (Phi) is 7.74. The fraction of sp³-hybridized carbons (Fsp3) is 0.538. The number of aryl methyl sites for hydroxylation is 4. The zero-order chi connectivity index (χ0) is 20.8. The van der Waals surface area contributed by atoms with E-state index in [9.17, 15) is 0 Å². The third-order valence-corrected chi connectivity index (χ3v) is 6.29. The van der Waals surface area contributed by atoms with Gasteiger partial charge in [0.05, 0.1) is 6.61 Å². The molecule has 3 rings (SSSR count). The van der Waals surface area contributed by atoms with Crippen molar-refractivity contribution in [3.63, 3.8) is 0 Å². The number of hydrogen-bond acceptors (Lipinski definition) is 3. The number of likely N-dealkylation sites (N-methyl/N-ethyl adjacent to an activating group) is 1. The molecule has 1 aliphatic heterocycles. The van der Waals surface area contributed by atoms with Gasteiger partial charge in [-0.1, -0.05) is 25.1 Å². The Labute approximate surface area is 177 Å². The van der Waals surface area contributed by atoms with Crippen LogP contribution in [0.4, 0.5) is 0 Å². The van der Waals surface area contributed by atoms with E-state index in [1.165, 1.54) is 79.1 Å². The predicted octanol–water partition coefficient (Wildman–Crippen LogP) is 5.38. The van der Waals surface area contributed by atoms with Crippen LogP contribution in [0.15, 0.2) is 30.3 Å². The second-order valence-electron chi connectivity index (χ2n) is 8.53. The highest BCUT2D eigenvalue weighted by Crippen LogP contribution is 2.35. The number of unbranched alkanes of at least 4 members (excludes halogenated alkanes) is 1. The Balaban J connectivity index is 1.51. The molecule has 0 radical (unpaired) electrons. The summed E-state index contributed by atoms with van der Waals surface area (Å²) in [4.78, 5) is 5.13. The molecule has 0 amide bonds. The lowest BCUT2D eigenvalue weighted by atomic mass is 9.89. The van der Waals surface area contributed by atoms with Crippen molar-refractivity contribution in [2.24, 2.45) is 0 Å². The highest BCUT2D eigenvalue weighted by Gasteiger charge is 2.15. The molecule has 2 aromatic carbocycles. The minimum Gasteiger partial charge on any atom is -0.494 e. The van der Waals surface area contributed by atoms with Gasteiger partial charge in [0, 0.05) is 26.2 Å². The van der Waals surface area contributed by atoms with Crippen molar-refractivity contribution in [3.05, 3.63) is 52.6 Å². The molecule has 0 unspecified atom stereocenters. The number of ether oxygens (including phenoxy) is 1. The van der Waals surface area contributed by atoms with Crippen molar-refractivity contribution in [3.8, 4) is 16.9 Å². The molecule has 0 aromatic heterocycles. The third kappa shape index (κ3) is 5.61. The molecular weight excluding hydrogens is 356 g/mol. The monoisotopic (exact) mass is 394 g/mol. The first-order chi connectivity index (χ1) is 14.0. The van der Waals surface area contributed by atoms with Crippen molar-refractivity contribution in [1.29, 1.82) is 0 Å². The van der Waals surface area contributed by atoms with Crippen LogP contribution in [-0.4, -0.2) is 55.7 Å². The van der Waals surface area contributed by atoms with Gasteiger partial charge in [-0.05, 0) is 99.1 Å². The average molecular weight is 395 g/mol. The molecule has 1 fully saturated rings. The predicted molar refractivity (Wildman–Crippen MR) is 124 cm³/mol. The van der Waals surface area contributed by atoms with E-state index in [-0.39, 0.29) is 0 Å². The molecule has 3 nitrogen and oxygen atoms in total. The molecule has 0 N–H and O–H groups in total. The van der Waals surface area contributed by atoms with E-state index < -0.39 is 0 Å². The van der Waals surface area contributed by atoms with E-state index in [1.807, 2.05) is 0 Å². The number of hydrogen-bond donors (Lipinski definition) is 0. The summed E-state index contributed by atoms with van der Waals surface area (Å²) < 4.78 is 6.12. The van der Waals surface area contributed by atoms with E-state index in [1.54, 1.807) is 0 Å². The number of nitrogens with zero attached hydrogens (tertiary/aromatic N) is 2. The Hall–Kier alpha value is -1.84. The molecule has 0 aliphatic carbocycles. The van der Waals surface area contributed by atoms with Gasteiger partial charge < -0.3 is 14.5 Å². The largest absolute Gasteiger partial charge is 0.494 e. The average Bonchev–Trinajstić information content (AvgIpc) is 2.70.